The summed E-state index contributed by atoms with van der Waals surface area (Å²) in [5.41, 5.74) is 3.06. The zero-order valence-corrected chi connectivity index (χ0v) is 15.7. The van der Waals surface area contributed by atoms with Crippen LogP contribution in [-0.4, -0.2) is 50.6 Å². The standard InChI is InChI=1S/C21H15N5O3/c1-25-20(27)13-11-23-19-17(16(13)21(25)28)18(12-7-9-22-10-8-12)24-26(19)14-5-3-4-6-15(14)29-2/h3-11H,1-2H3. The summed E-state index contributed by atoms with van der Waals surface area (Å²) in [4.78, 5) is 35.0. The second-order valence-corrected chi connectivity index (χ2v) is 6.58. The second kappa shape index (κ2) is 6.23. The Morgan fingerprint density at radius 3 is 2.52 bits per heavy atom. The van der Waals surface area contributed by atoms with Gasteiger partial charge in [-0.05, 0) is 24.3 Å². The Morgan fingerprint density at radius 1 is 1.00 bits per heavy atom. The van der Waals surface area contributed by atoms with Gasteiger partial charge in [0.15, 0.2) is 5.65 Å². The smallest absolute Gasteiger partial charge is 0.262 e. The fraction of sp³-hybridized carbons (Fsp3) is 0.0952. The number of rotatable bonds is 3. The average Bonchev–Trinajstić information content (AvgIpc) is 3.26. The van der Waals surface area contributed by atoms with E-state index in [2.05, 4.69) is 9.97 Å². The highest BCUT2D eigenvalue weighted by molar-refractivity contribution is 6.27. The van der Waals surface area contributed by atoms with Crippen molar-refractivity contribution in [2.24, 2.45) is 0 Å². The van der Waals surface area contributed by atoms with Crippen molar-refractivity contribution in [1.29, 1.82) is 0 Å². The fourth-order valence-electron chi connectivity index (χ4n) is 3.59. The van der Waals surface area contributed by atoms with E-state index in [9.17, 15) is 9.59 Å². The van der Waals surface area contributed by atoms with Crippen LogP contribution in [0.3, 0.4) is 0 Å². The van der Waals surface area contributed by atoms with E-state index in [-0.39, 0.29) is 17.4 Å². The highest BCUT2D eigenvalue weighted by Crippen LogP contribution is 2.37. The number of carbonyl (C=O) groups excluding carboxylic acids is 2. The molecule has 0 saturated carbocycles. The normalized spacial score (nSPS) is 13.2. The van der Waals surface area contributed by atoms with Crippen LogP contribution >= 0.6 is 0 Å². The van der Waals surface area contributed by atoms with E-state index in [1.807, 2.05) is 24.3 Å². The number of ether oxygens (including phenoxy) is 1. The summed E-state index contributed by atoms with van der Waals surface area (Å²) in [5, 5.41) is 5.29. The van der Waals surface area contributed by atoms with Gasteiger partial charge >= 0.3 is 0 Å². The molecule has 4 heterocycles. The maximum absolute atomic E-state index is 12.9. The first-order chi connectivity index (χ1) is 14.1. The zero-order valence-electron chi connectivity index (χ0n) is 15.7. The number of aromatic nitrogens is 4. The van der Waals surface area contributed by atoms with E-state index in [0.29, 0.717) is 33.7 Å². The van der Waals surface area contributed by atoms with Gasteiger partial charge in [-0.3, -0.25) is 19.5 Å². The molecule has 142 valence electrons. The Kier molecular flexibility index (Phi) is 3.67. The van der Waals surface area contributed by atoms with Crippen molar-refractivity contribution in [2.45, 2.75) is 0 Å². The van der Waals surface area contributed by atoms with Gasteiger partial charge in [-0.1, -0.05) is 12.1 Å². The highest BCUT2D eigenvalue weighted by atomic mass is 16.5. The number of hydrogen-bond acceptors (Lipinski definition) is 6. The molecule has 0 N–H and O–H groups in total. The molecule has 0 atom stereocenters. The van der Waals surface area contributed by atoms with Crippen LogP contribution in [0.2, 0.25) is 0 Å². The average molecular weight is 385 g/mol. The van der Waals surface area contributed by atoms with Crippen molar-refractivity contribution >= 4 is 22.8 Å². The number of imide groups is 1. The maximum atomic E-state index is 12.9. The summed E-state index contributed by atoms with van der Waals surface area (Å²) in [7, 11) is 3.05. The van der Waals surface area contributed by atoms with E-state index >= 15 is 0 Å². The summed E-state index contributed by atoms with van der Waals surface area (Å²) in [6, 6.07) is 11.0. The molecule has 0 fully saturated rings. The summed E-state index contributed by atoms with van der Waals surface area (Å²) < 4.78 is 7.12. The summed E-state index contributed by atoms with van der Waals surface area (Å²) in [6.07, 6.45) is 4.74. The Hall–Kier alpha value is -4.07. The number of pyridine rings is 2. The number of carbonyl (C=O) groups is 2. The topological polar surface area (TPSA) is 90.2 Å². The number of benzene rings is 1. The molecule has 3 aromatic heterocycles. The minimum absolute atomic E-state index is 0.278. The summed E-state index contributed by atoms with van der Waals surface area (Å²) >= 11 is 0. The Labute approximate surface area is 165 Å². The van der Waals surface area contributed by atoms with Crippen LogP contribution in [0.5, 0.6) is 5.75 Å². The van der Waals surface area contributed by atoms with Gasteiger partial charge in [-0.25, -0.2) is 9.67 Å². The van der Waals surface area contributed by atoms with Crippen molar-refractivity contribution in [1.82, 2.24) is 24.6 Å². The molecular weight excluding hydrogens is 370 g/mol. The Balaban J connectivity index is 1.91. The fourth-order valence-corrected chi connectivity index (χ4v) is 3.59. The molecule has 8 heteroatoms. The van der Waals surface area contributed by atoms with Gasteiger partial charge in [0.2, 0.25) is 0 Å². The predicted octanol–water partition coefficient (Wildman–Crippen LogP) is 2.72. The molecule has 1 aromatic carbocycles. The second-order valence-electron chi connectivity index (χ2n) is 6.58. The van der Waals surface area contributed by atoms with E-state index < -0.39 is 0 Å². The summed E-state index contributed by atoms with van der Waals surface area (Å²) in [6.45, 7) is 0. The van der Waals surface area contributed by atoms with E-state index in [4.69, 9.17) is 9.84 Å². The van der Waals surface area contributed by atoms with Crippen LogP contribution in [0.1, 0.15) is 20.7 Å². The number of para-hydroxylation sites is 2. The lowest BCUT2D eigenvalue weighted by atomic mass is 10.0. The van der Waals surface area contributed by atoms with E-state index in [1.54, 1.807) is 36.3 Å². The van der Waals surface area contributed by atoms with E-state index in [1.165, 1.54) is 13.2 Å². The number of methoxy groups -OCH3 is 1. The lowest BCUT2D eigenvalue weighted by molar-refractivity contribution is 0.0693. The summed E-state index contributed by atoms with van der Waals surface area (Å²) in [5.74, 6) is -0.127. The molecule has 2 amide bonds. The number of fused-ring (bicyclic) bond motifs is 3. The lowest BCUT2D eigenvalue weighted by Crippen LogP contribution is -2.24. The molecule has 8 nitrogen and oxygen atoms in total. The monoisotopic (exact) mass is 385 g/mol. The first kappa shape index (κ1) is 17.1. The Morgan fingerprint density at radius 2 is 1.76 bits per heavy atom. The van der Waals surface area contributed by atoms with Crippen molar-refractivity contribution < 1.29 is 14.3 Å². The minimum Gasteiger partial charge on any atom is -0.494 e. The molecule has 0 spiro atoms. The number of hydrogen-bond donors (Lipinski definition) is 0. The third kappa shape index (κ3) is 2.35. The maximum Gasteiger partial charge on any atom is 0.262 e. The van der Waals surface area contributed by atoms with Gasteiger partial charge < -0.3 is 4.74 Å². The first-order valence-electron chi connectivity index (χ1n) is 8.89. The molecule has 1 aliphatic heterocycles. The van der Waals surface area contributed by atoms with Crippen molar-refractivity contribution in [3.63, 3.8) is 0 Å². The molecule has 0 radical (unpaired) electrons. The van der Waals surface area contributed by atoms with Crippen LogP contribution in [0, 0.1) is 0 Å². The molecule has 1 aliphatic rings. The van der Waals surface area contributed by atoms with Crippen LogP contribution in [0.4, 0.5) is 0 Å². The van der Waals surface area contributed by atoms with Gasteiger partial charge in [-0.2, -0.15) is 5.10 Å². The molecule has 0 bridgehead atoms. The largest absolute Gasteiger partial charge is 0.494 e. The first-order valence-corrected chi connectivity index (χ1v) is 8.89. The third-order valence-electron chi connectivity index (χ3n) is 5.02. The molecule has 0 unspecified atom stereocenters. The van der Waals surface area contributed by atoms with Gasteiger partial charge in [-0.15, -0.1) is 0 Å². The predicted molar refractivity (Wildman–Crippen MR) is 105 cm³/mol. The molecule has 0 aliphatic carbocycles. The highest BCUT2D eigenvalue weighted by Gasteiger charge is 2.37. The molecule has 29 heavy (non-hydrogen) atoms. The molecule has 5 rings (SSSR count). The number of nitrogens with zero attached hydrogens (tertiary/aromatic N) is 5. The Bertz CT molecular complexity index is 1300. The quantitative estimate of drug-likeness (QED) is 0.504. The van der Waals surface area contributed by atoms with Gasteiger partial charge in [0.25, 0.3) is 11.8 Å². The molecule has 4 aromatic rings. The zero-order chi connectivity index (χ0) is 20.1. The van der Waals surface area contributed by atoms with Crippen molar-refractivity contribution in [3.8, 4) is 22.7 Å². The van der Waals surface area contributed by atoms with Crippen LogP contribution < -0.4 is 4.74 Å². The van der Waals surface area contributed by atoms with Crippen LogP contribution in [0.25, 0.3) is 28.0 Å². The van der Waals surface area contributed by atoms with Crippen molar-refractivity contribution in [3.05, 3.63) is 66.1 Å². The lowest BCUT2D eigenvalue weighted by Gasteiger charge is -2.08. The van der Waals surface area contributed by atoms with Gasteiger partial charge in [0.1, 0.15) is 17.1 Å². The van der Waals surface area contributed by atoms with Gasteiger partial charge in [0, 0.05) is 31.2 Å². The molecular formula is C21H15N5O3. The van der Waals surface area contributed by atoms with Crippen molar-refractivity contribution in [2.75, 3.05) is 14.2 Å². The van der Waals surface area contributed by atoms with E-state index in [0.717, 1.165) is 10.5 Å². The minimum atomic E-state index is -0.370. The number of amides is 2. The molecule has 0 saturated heterocycles. The van der Waals surface area contributed by atoms with Crippen LogP contribution in [0.15, 0.2) is 55.0 Å². The van der Waals surface area contributed by atoms with Crippen LogP contribution in [-0.2, 0) is 0 Å². The SMILES string of the molecule is COc1ccccc1-n1nc(-c2ccncc2)c2c3c(cnc21)C(=O)N(C)C3=O. The van der Waals surface area contributed by atoms with Gasteiger partial charge in [0.05, 0.1) is 23.6 Å². The third-order valence-corrected chi connectivity index (χ3v) is 5.02.